The Labute approximate surface area is 415 Å². The Morgan fingerprint density at radius 3 is 1.81 bits per heavy atom. The smallest absolute Gasteiger partial charge is 0.333 e. The fraction of sp³-hybridized carbons (Fsp3) is 0.182. The van der Waals surface area contributed by atoms with Gasteiger partial charge in [-0.3, -0.25) is 0 Å². The van der Waals surface area contributed by atoms with E-state index in [4.69, 9.17) is 0 Å². The Morgan fingerprint density at radius 1 is 0.429 bits per heavy atom. The zero-order valence-corrected chi connectivity index (χ0v) is 41.4. The summed E-state index contributed by atoms with van der Waals surface area (Å²) in [5.74, 6) is 0. The van der Waals surface area contributed by atoms with Gasteiger partial charge in [-0.05, 0) is 149 Å². The Bertz CT molecular complexity index is 3990. The molecule has 0 bridgehead atoms. The van der Waals surface area contributed by atoms with Crippen LogP contribution in [0, 0.1) is 0 Å². The second-order valence-corrected chi connectivity index (χ2v) is 24.0. The molecule has 3 aliphatic carbocycles. The van der Waals surface area contributed by atoms with Gasteiger partial charge in [-0.2, -0.15) is 0 Å². The maximum absolute atomic E-state index is 2.81. The first kappa shape index (κ1) is 39.7. The largest absolute Gasteiger partial charge is 0.376 e. The zero-order chi connectivity index (χ0) is 46.8. The van der Waals surface area contributed by atoms with Crippen molar-refractivity contribution in [3.8, 4) is 33.4 Å². The van der Waals surface area contributed by atoms with E-state index in [-0.39, 0.29) is 23.1 Å². The Kier molecular flexibility index (Phi) is 7.36. The fourth-order valence-electron chi connectivity index (χ4n) is 14.9. The maximum Gasteiger partial charge on any atom is 0.333 e. The van der Waals surface area contributed by atoms with Crippen molar-refractivity contribution >= 4 is 77.7 Å². The van der Waals surface area contributed by atoms with Crippen LogP contribution >= 0.6 is 11.3 Å². The van der Waals surface area contributed by atoms with Crippen LogP contribution in [-0.2, 0) is 21.7 Å². The summed E-state index contributed by atoms with van der Waals surface area (Å²) in [6.45, 7) is 14.6. The van der Waals surface area contributed by atoms with Gasteiger partial charge in [0, 0.05) is 43.5 Å². The lowest BCUT2D eigenvalue weighted by Gasteiger charge is -2.52. The van der Waals surface area contributed by atoms with Gasteiger partial charge in [-0.15, -0.1) is 11.3 Å². The second-order valence-electron chi connectivity index (χ2n) is 23.0. The molecule has 0 unspecified atom stereocenters. The third-order valence-electron chi connectivity index (χ3n) is 18.3. The predicted molar refractivity (Wildman–Crippen MR) is 297 cm³/mol. The molecule has 0 fully saturated rings. The van der Waals surface area contributed by atoms with Crippen LogP contribution in [0.1, 0.15) is 98.9 Å². The van der Waals surface area contributed by atoms with Gasteiger partial charge in [-0.1, -0.05) is 175 Å². The van der Waals surface area contributed by atoms with Crippen LogP contribution in [-0.4, -0.2) is 6.85 Å². The van der Waals surface area contributed by atoms with Gasteiger partial charge in [0.2, 0.25) is 0 Å². The summed E-state index contributed by atoms with van der Waals surface area (Å²) in [5.41, 5.74) is 28.0. The topological polar surface area (TPSA) is 6.48 Å². The van der Waals surface area contributed by atoms with Gasteiger partial charge >= 0.3 is 6.85 Å². The van der Waals surface area contributed by atoms with Crippen LogP contribution in [0.2, 0.25) is 0 Å². The predicted octanol–water partition coefficient (Wildman–Crippen LogP) is 16.1. The van der Waals surface area contributed by atoms with E-state index in [2.05, 4.69) is 227 Å². The molecule has 1 spiro atoms. The van der Waals surface area contributed by atoms with Crippen LogP contribution in [0.5, 0.6) is 0 Å². The molecule has 70 heavy (non-hydrogen) atoms. The first-order chi connectivity index (χ1) is 34.0. The third-order valence-corrected chi connectivity index (χ3v) is 19.5. The summed E-state index contributed by atoms with van der Waals surface area (Å²) in [5, 5.41) is 2.67. The van der Waals surface area contributed by atoms with Crippen molar-refractivity contribution < 1.29 is 0 Å². The SMILES string of the molecule is CC1(C)CCC(C)(C)c2cc(N3B4c5cccc6c5N(c5ccccc5C65c6ccccc6-c6ccccc65)c5c4c(cc4c5sc5ccccc54)-c4cc5c(cc43)-c3ccccc3C5(C)C)ccc21. The highest BCUT2D eigenvalue weighted by Gasteiger charge is 2.56. The van der Waals surface area contributed by atoms with E-state index >= 15 is 0 Å². The second kappa shape index (κ2) is 13.0. The zero-order valence-electron chi connectivity index (χ0n) is 40.5. The fourth-order valence-corrected chi connectivity index (χ4v) is 16.2. The van der Waals surface area contributed by atoms with Crippen molar-refractivity contribution in [2.75, 3.05) is 9.71 Å². The van der Waals surface area contributed by atoms with E-state index < -0.39 is 5.41 Å². The summed E-state index contributed by atoms with van der Waals surface area (Å²) < 4.78 is 2.68. The molecule has 9 aromatic carbocycles. The Hall–Kier alpha value is -7.14. The molecule has 3 aliphatic heterocycles. The van der Waals surface area contributed by atoms with Crippen LogP contribution in [0.4, 0.5) is 28.4 Å². The number of anilines is 5. The number of para-hydroxylation sites is 2. The minimum atomic E-state index is -0.519. The van der Waals surface area contributed by atoms with Crippen LogP contribution < -0.4 is 20.6 Å². The van der Waals surface area contributed by atoms with Crippen molar-refractivity contribution in [3.05, 3.63) is 220 Å². The lowest BCUT2D eigenvalue weighted by molar-refractivity contribution is 0.332. The summed E-state index contributed by atoms with van der Waals surface area (Å²) in [4.78, 5) is 5.56. The summed E-state index contributed by atoms with van der Waals surface area (Å²) >= 11 is 1.97. The molecule has 6 aliphatic rings. The molecule has 2 nitrogen and oxygen atoms in total. The van der Waals surface area contributed by atoms with Gasteiger partial charge in [0.15, 0.2) is 0 Å². The third kappa shape index (κ3) is 4.60. The van der Waals surface area contributed by atoms with Gasteiger partial charge in [0.05, 0.1) is 21.5 Å². The molecular formula is C66H51BN2S. The summed E-state index contributed by atoms with van der Waals surface area (Å²) in [6.07, 6.45) is 2.35. The molecule has 4 heteroatoms. The van der Waals surface area contributed by atoms with E-state index in [1.165, 1.54) is 150 Å². The van der Waals surface area contributed by atoms with Crippen molar-refractivity contribution in [1.29, 1.82) is 0 Å². The lowest BCUT2D eigenvalue weighted by atomic mass is 9.42. The molecule has 0 amide bonds. The van der Waals surface area contributed by atoms with Crippen molar-refractivity contribution in [2.24, 2.45) is 0 Å². The van der Waals surface area contributed by atoms with E-state index in [0.29, 0.717) is 0 Å². The van der Waals surface area contributed by atoms with Crippen LogP contribution in [0.15, 0.2) is 176 Å². The number of nitrogens with zero attached hydrogens (tertiary/aromatic N) is 2. The van der Waals surface area contributed by atoms with E-state index in [0.717, 1.165) is 0 Å². The molecule has 1 aromatic heterocycles. The average Bonchev–Trinajstić information content (AvgIpc) is 3.98. The van der Waals surface area contributed by atoms with Gasteiger partial charge in [0.1, 0.15) is 0 Å². The standard InChI is InChI=1S/C66H51BN2S/c1-63(2)32-33-64(3,4)54-34-38(30-31-50(54)63)69-57-37-43-41-20-7-11-22-47(41)65(5,6)53(43)36-44(57)45-35-46-42-21-10-16-29-58(42)70-62(46)61-59(45)67(69)55-27-17-26-52-60(55)68(61)56-28-15-14-25-51(56)66(52)48-23-12-8-18-39(48)40-19-9-13-24-49(40)66/h7-31,34-37H,32-33H2,1-6H3. The highest BCUT2D eigenvalue weighted by atomic mass is 32.1. The van der Waals surface area contributed by atoms with Crippen molar-refractivity contribution in [1.82, 2.24) is 0 Å². The number of hydrogen-bond donors (Lipinski definition) is 0. The Balaban J connectivity index is 1.10. The minimum Gasteiger partial charge on any atom is -0.376 e. The number of rotatable bonds is 1. The molecule has 16 rings (SSSR count). The van der Waals surface area contributed by atoms with E-state index in [1.807, 2.05) is 11.3 Å². The maximum atomic E-state index is 2.81. The van der Waals surface area contributed by atoms with E-state index in [9.17, 15) is 0 Å². The minimum absolute atomic E-state index is 0.0430. The summed E-state index contributed by atoms with van der Waals surface area (Å²) in [6, 6.07) is 69.0. The summed E-state index contributed by atoms with van der Waals surface area (Å²) in [7, 11) is 0. The van der Waals surface area contributed by atoms with Crippen LogP contribution in [0.3, 0.4) is 0 Å². The number of benzene rings is 9. The molecule has 0 radical (unpaired) electrons. The molecule has 0 saturated carbocycles. The van der Waals surface area contributed by atoms with E-state index in [1.54, 1.807) is 0 Å². The highest BCUT2D eigenvalue weighted by molar-refractivity contribution is 7.26. The number of thiophene rings is 1. The quantitative estimate of drug-likeness (QED) is 0.151. The first-order valence-electron chi connectivity index (χ1n) is 25.4. The number of hydrogen-bond acceptors (Lipinski definition) is 3. The van der Waals surface area contributed by atoms with Gasteiger partial charge in [0.25, 0.3) is 0 Å². The van der Waals surface area contributed by atoms with Crippen molar-refractivity contribution in [3.63, 3.8) is 0 Å². The lowest BCUT2D eigenvalue weighted by Crippen LogP contribution is -2.62. The normalized spacial score (nSPS) is 17.8. The molecule has 334 valence electrons. The van der Waals surface area contributed by atoms with Crippen LogP contribution in [0.25, 0.3) is 53.6 Å². The molecule has 10 aromatic rings. The molecule has 0 N–H and O–H groups in total. The molecule has 4 heterocycles. The average molecular weight is 915 g/mol. The molecule has 0 atom stereocenters. The first-order valence-corrected chi connectivity index (χ1v) is 26.2. The van der Waals surface area contributed by atoms with Crippen molar-refractivity contribution in [2.45, 2.75) is 76.0 Å². The van der Waals surface area contributed by atoms with Gasteiger partial charge in [-0.25, -0.2) is 0 Å². The molecule has 0 saturated heterocycles. The Morgan fingerprint density at radius 2 is 1.06 bits per heavy atom. The number of fused-ring (bicyclic) bond motifs is 21. The van der Waals surface area contributed by atoms with Gasteiger partial charge < -0.3 is 9.71 Å². The highest BCUT2D eigenvalue weighted by Crippen LogP contribution is 2.65. The monoisotopic (exact) mass is 914 g/mol. The molecular weight excluding hydrogens is 864 g/mol.